The van der Waals surface area contributed by atoms with Gasteiger partial charge in [-0.05, 0) is 32.0 Å². The largest absolute Gasteiger partial charge is 0.330 e. The summed E-state index contributed by atoms with van der Waals surface area (Å²) in [4.78, 5) is 4.13. The molecule has 3 rings (SSSR count). The maximum absolute atomic E-state index is 5.74. The van der Waals surface area contributed by atoms with Crippen LogP contribution in [0.2, 0.25) is 0 Å². The Hall–Kier alpha value is -2.40. The molecule has 0 bridgehead atoms. The van der Waals surface area contributed by atoms with Crippen LogP contribution in [-0.2, 0) is 6.42 Å². The van der Waals surface area contributed by atoms with Crippen LogP contribution in [0, 0.1) is 6.92 Å². The number of aryl methyl sites for hydroxylation is 1. The van der Waals surface area contributed by atoms with E-state index in [0.717, 1.165) is 29.2 Å². The molecule has 0 spiro atoms. The van der Waals surface area contributed by atoms with Gasteiger partial charge in [0.15, 0.2) is 0 Å². The van der Waals surface area contributed by atoms with Crippen LogP contribution in [-0.4, -0.2) is 25.9 Å². The lowest BCUT2D eigenvalue weighted by molar-refractivity contribution is 0.808. The van der Waals surface area contributed by atoms with E-state index in [2.05, 4.69) is 10.1 Å². The smallest absolute Gasteiger partial charge is 0.145 e. The lowest BCUT2D eigenvalue weighted by Gasteiger charge is -2.10. The van der Waals surface area contributed by atoms with E-state index in [4.69, 9.17) is 5.73 Å². The number of rotatable bonds is 4. The molecule has 3 aromatic rings. The maximum atomic E-state index is 5.74. The van der Waals surface area contributed by atoms with Crippen molar-refractivity contribution in [1.82, 2.24) is 19.3 Å². The zero-order valence-electron chi connectivity index (χ0n) is 11.4. The molecule has 2 heterocycles. The number of nitrogens with zero attached hydrogens (tertiary/aromatic N) is 4. The maximum Gasteiger partial charge on any atom is 0.145 e. The number of para-hydroxylation sites is 1. The van der Waals surface area contributed by atoms with Crippen molar-refractivity contribution in [3.05, 3.63) is 60.3 Å². The minimum absolute atomic E-state index is 0.600. The van der Waals surface area contributed by atoms with Crippen molar-refractivity contribution < 1.29 is 0 Å². The van der Waals surface area contributed by atoms with Gasteiger partial charge in [0, 0.05) is 18.0 Å². The van der Waals surface area contributed by atoms with Crippen molar-refractivity contribution in [2.24, 2.45) is 5.73 Å². The van der Waals surface area contributed by atoms with Gasteiger partial charge in [0.1, 0.15) is 12.1 Å². The van der Waals surface area contributed by atoms with Crippen molar-refractivity contribution in [2.75, 3.05) is 6.54 Å². The molecular weight excluding hydrogens is 250 g/mol. The molecule has 0 atom stereocenters. The normalized spacial score (nSPS) is 10.9. The quantitative estimate of drug-likeness (QED) is 0.785. The first-order chi connectivity index (χ1) is 9.81. The third-order valence-electron chi connectivity index (χ3n) is 3.30. The minimum atomic E-state index is 0.600. The predicted molar refractivity (Wildman–Crippen MR) is 78.2 cm³/mol. The van der Waals surface area contributed by atoms with E-state index >= 15 is 0 Å². The van der Waals surface area contributed by atoms with Gasteiger partial charge in [-0.1, -0.05) is 18.2 Å². The van der Waals surface area contributed by atoms with E-state index in [9.17, 15) is 0 Å². The van der Waals surface area contributed by atoms with Crippen LogP contribution in [0.15, 0.2) is 49.1 Å². The second-order valence-electron chi connectivity index (χ2n) is 4.64. The van der Waals surface area contributed by atoms with Crippen LogP contribution in [0.1, 0.15) is 11.3 Å². The number of nitrogens with two attached hydrogens (primary N) is 1. The Morgan fingerprint density at radius 2 is 2.00 bits per heavy atom. The highest BCUT2D eigenvalue weighted by Gasteiger charge is 2.17. The van der Waals surface area contributed by atoms with Crippen LogP contribution in [0.5, 0.6) is 0 Å². The molecule has 0 saturated heterocycles. The van der Waals surface area contributed by atoms with E-state index in [1.165, 1.54) is 0 Å². The van der Waals surface area contributed by atoms with Crippen molar-refractivity contribution in [3.63, 3.8) is 0 Å². The molecular formula is C15H17N5. The summed E-state index contributed by atoms with van der Waals surface area (Å²) in [6.07, 6.45) is 6.28. The van der Waals surface area contributed by atoms with Crippen molar-refractivity contribution in [3.8, 4) is 11.5 Å². The van der Waals surface area contributed by atoms with Crippen LogP contribution in [0.4, 0.5) is 0 Å². The number of imidazole rings is 1. The van der Waals surface area contributed by atoms with Crippen molar-refractivity contribution >= 4 is 0 Å². The zero-order valence-corrected chi connectivity index (χ0v) is 11.4. The molecule has 0 amide bonds. The Morgan fingerprint density at radius 1 is 1.20 bits per heavy atom. The molecule has 0 aliphatic heterocycles. The molecule has 5 nitrogen and oxygen atoms in total. The van der Waals surface area contributed by atoms with E-state index in [1.807, 2.05) is 52.7 Å². The summed E-state index contributed by atoms with van der Waals surface area (Å²) in [5.74, 6) is 1.01. The number of hydrogen-bond donors (Lipinski definition) is 1. The van der Waals surface area contributed by atoms with E-state index in [1.54, 1.807) is 12.5 Å². The fourth-order valence-corrected chi connectivity index (χ4v) is 2.38. The highest BCUT2D eigenvalue weighted by Crippen LogP contribution is 2.22. The number of aromatic nitrogens is 4. The fraction of sp³-hybridized carbons (Fsp3) is 0.200. The molecule has 0 fully saturated rings. The molecule has 2 N–H and O–H groups in total. The zero-order chi connectivity index (χ0) is 13.9. The summed E-state index contributed by atoms with van der Waals surface area (Å²) in [6.45, 7) is 2.62. The highest BCUT2D eigenvalue weighted by molar-refractivity contribution is 5.46. The Bertz CT molecular complexity index is 683. The lowest BCUT2D eigenvalue weighted by atomic mass is 10.1. The summed E-state index contributed by atoms with van der Waals surface area (Å²) in [5, 5.41) is 4.67. The Labute approximate surface area is 117 Å². The number of hydrogen-bond acceptors (Lipinski definition) is 3. The first-order valence-electron chi connectivity index (χ1n) is 6.63. The molecule has 2 aromatic heterocycles. The second-order valence-corrected chi connectivity index (χ2v) is 4.64. The Kier molecular flexibility index (Phi) is 3.35. The molecule has 0 radical (unpaired) electrons. The molecule has 0 unspecified atom stereocenters. The molecule has 5 heteroatoms. The third-order valence-corrected chi connectivity index (χ3v) is 3.30. The summed E-state index contributed by atoms with van der Waals surface area (Å²) in [5.41, 5.74) is 8.93. The Morgan fingerprint density at radius 3 is 2.65 bits per heavy atom. The van der Waals surface area contributed by atoms with Crippen LogP contribution in [0.25, 0.3) is 11.5 Å². The SMILES string of the molecule is Cc1nn(-c2ccccc2)c(-n2ccnc2)c1CCN. The lowest BCUT2D eigenvalue weighted by Crippen LogP contribution is -2.09. The summed E-state index contributed by atoms with van der Waals surface area (Å²) >= 11 is 0. The van der Waals surface area contributed by atoms with Gasteiger partial charge >= 0.3 is 0 Å². The highest BCUT2D eigenvalue weighted by atomic mass is 15.4. The van der Waals surface area contributed by atoms with Gasteiger partial charge in [-0.2, -0.15) is 5.10 Å². The monoisotopic (exact) mass is 267 g/mol. The van der Waals surface area contributed by atoms with Crippen LogP contribution < -0.4 is 5.73 Å². The van der Waals surface area contributed by atoms with Gasteiger partial charge in [0.25, 0.3) is 0 Å². The van der Waals surface area contributed by atoms with Gasteiger partial charge in [-0.25, -0.2) is 9.67 Å². The van der Waals surface area contributed by atoms with Crippen LogP contribution in [0.3, 0.4) is 0 Å². The van der Waals surface area contributed by atoms with E-state index < -0.39 is 0 Å². The van der Waals surface area contributed by atoms with Gasteiger partial charge in [-0.3, -0.25) is 4.57 Å². The van der Waals surface area contributed by atoms with Gasteiger partial charge in [0.2, 0.25) is 0 Å². The van der Waals surface area contributed by atoms with Gasteiger partial charge < -0.3 is 5.73 Å². The van der Waals surface area contributed by atoms with Crippen molar-refractivity contribution in [1.29, 1.82) is 0 Å². The minimum Gasteiger partial charge on any atom is -0.330 e. The van der Waals surface area contributed by atoms with E-state index in [0.29, 0.717) is 6.54 Å². The summed E-state index contributed by atoms with van der Waals surface area (Å²) in [6, 6.07) is 10.1. The van der Waals surface area contributed by atoms with Gasteiger partial charge in [0.05, 0.1) is 11.4 Å². The van der Waals surface area contributed by atoms with Crippen LogP contribution >= 0.6 is 0 Å². The first-order valence-corrected chi connectivity index (χ1v) is 6.63. The topological polar surface area (TPSA) is 61.7 Å². The third kappa shape index (κ3) is 2.12. The summed E-state index contributed by atoms with van der Waals surface area (Å²) in [7, 11) is 0. The molecule has 20 heavy (non-hydrogen) atoms. The molecule has 102 valence electrons. The van der Waals surface area contributed by atoms with Crippen molar-refractivity contribution in [2.45, 2.75) is 13.3 Å². The van der Waals surface area contributed by atoms with Gasteiger partial charge in [-0.15, -0.1) is 0 Å². The Balaban J connectivity index is 2.22. The molecule has 0 aliphatic carbocycles. The molecule has 0 saturated carbocycles. The summed E-state index contributed by atoms with van der Waals surface area (Å²) < 4.78 is 3.93. The van der Waals surface area contributed by atoms with E-state index in [-0.39, 0.29) is 0 Å². The number of benzene rings is 1. The second kappa shape index (κ2) is 5.30. The molecule has 0 aliphatic rings. The first kappa shape index (κ1) is 12.6. The average molecular weight is 267 g/mol. The molecule has 1 aromatic carbocycles. The predicted octanol–water partition coefficient (Wildman–Crippen LogP) is 1.87. The average Bonchev–Trinajstić information content (AvgIpc) is 3.09. The fourth-order valence-electron chi connectivity index (χ4n) is 2.38. The standard InChI is InChI=1S/C15H17N5/c1-12-14(7-8-16)15(19-10-9-17-11-19)20(18-12)13-5-3-2-4-6-13/h2-6,9-11H,7-8,16H2,1H3.